The molecule has 1 fully saturated rings. The molecule has 120 valence electrons. The minimum absolute atomic E-state index is 0.0684. The van der Waals surface area contributed by atoms with Gasteiger partial charge in [-0.05, 0) is 18.9 Å². The molecule has 0 bridgehead atoms. The first kappa shape index (κ1) is 16.5. The Bertz CT molecular complexity index is 524. The lowest BCUT2D eigenvalue weighted by Gasteiger charge is -2.18. The molecule has 1 aromatic carbocycles. The quantitative estimate of drug-likeness (QED) is 0.908. The maximum absolute atomic E-state index is 12.5. The molecule has 0 radical (unpaired) electrons. The SMILES string of the molecule is CCCNC(=O)[C@@H]1CN(C(=O)CC)C[C@H]1c1ccc(C)cc1. The molecule has 0 aromatic heterocycles. The highest BCUT2D eigenvalue weighted by atomic mass is 16.2. The van der Waals surface area contributed by atoms with Crippen LogP contribution in [0.1, 0.15) is 43.7 Å². The van der Waals surface area contributed by atoms with E-state index in [4.69, 9.17) is 0 Å². The molecule has 1 aliphatic heterocycles. The zero-order valence-corrected chi connectivity index (χ0v) is 13.8. The highest BCUT2D eigenvalue weighted by Crippen LogP contribution is 2.33. The van der Waals surface area contributed by atoms with Gasteiger partial charge in [0.1, 0.15) is 0 Å². The van der Waals surface area contributed by atoms with Crippen molar-refractivity contribution in [2.75, 3.05) is 19.6 Å². The number of hydrogen-bond donors (Lipinski definition) is 1. The predicted octanol–water partition coefficient (Wildman–Crippen LogP) is 2.47. The third-order valence-corrected chi connectivity index (χ3v) is 4.37. The number of nitrogens with one attached hydrogen (secondary N) is 1. The molecule has 1 N–H and O–H groups in total. The maximum atomic E-state index is 12.5. The van der Waals surface area contributed by atoms with Gasteiger partial charge in [-0.3, -0.25) is 9.59 Å². The number of likely N-dealkylation sites (tertiary alicyclic amines) is 1. The highest BCUT2D eigenvalue weighted by molar-refractivity contribution is 5.83. The monoisotopic (exact) mass is 302 g/mol. The topological polar surface area (TPSA) is 49.4 Å². The molecule has 0 saturated carbocycles. The van der Waals surface area contributed by atoms with E-state index in [1.807, 2.05) is 18.7 Å². The Kier molecular flexibility index (Phi) is 5.58. The van der Waals surface area contributed by atoms with Crippen molar-refractivity contribution in [1.82, 2.24) is 10.2 Å². The van der Waals surface area contributed by atoms with Gasteiger partial charge >= 0.3 is 0 Å². The van der Waals surface area contributed by atoms with Gasteiger partial charge in [-0.25, -0.2) is 0 Å². The number of hydrogen-bond acceptors (Lipinski definition) is 2. The predicted molar refractivity (Wildman–Crippen MR) is 87.6 cm³/mol. The summed E-state index contributed by atoms with van der Waals surface area (Å²) in [4.78, 5) is 26.3. The van der Waals surface area contributed by atoms with E-state index in [1.54, 1.807) is 0 Å². The lowest BCUT2D eigenvalue weighted by molar-refractivity contribution is -0.130. The van der Waals surface area contributed by atoms with Crippen molar-refractivity contribution < 1.29 is 9.59 Å². The minimum atomic E-state index is -0.148. The lowest BCUT2D eigenvalue weighted by atomic mass is 9.88. The van der Waals surface area contributed by atoms with E-state index in [9.17, 15) is 9.59 Å². The zero-order chi connectivity index (χ0) is 16.1. The molecule has 4 heteroatoms. The van der Waals surface area contributed by atoms with E-state index >= 15 is 0 Å². The first-order chi connectivity index (χ1) is 10.6. The summed E-state index contributed by atoms with van der Waals surface area (Å²) in [5.74, 6) is 0.138. The van der Waals surface area contributed by atoms with Crippen molar-refractivity contribution in [3.8, 4) is 0 Å². The molecule has 0 unspecified atom stereocenters. The molecular formula is C18H26N2O2. The van der Waals surface area contributed by atoms with E-state index in [-0.39, 0.29) is 23.7 Å². The second kappa shape index (κ2) is 7.43. The Labute approximate surface area is 132 Å². The Morgan fingerprint density at radius 1 is 1.18 bits per heavy atom. The van der Waals surface area contributed by atoms with Crippen molar-refractivity contribution in [3.63, 3.8) is 0 Å². The molecule has 1 heterocycles. The average Bonchev–Trinajstić information content (AvgIpc) is 2.97. The Morgan fingerprint density at radius 3 is 2.45 bits per heavy atom. The fourth-order valence-electron chi connectivity index (χ4n) is 3.03. The largest absolute Gasteiger partial charge is 0.356 e. The second-order valence-corrected chi connectivity index (χ2v) is 6.07. The van der Waals surface area contributed by atoms with E-state index < -0.39 is 0 Å². The molecule has 2 atom stereocenters. The van der Waals surface area contributed by atoms with Crippen LogP contribution in [-0.2, 0) is 9.59 Å². The van der Waals surface area contributed by atoms with Gasteiger partial charge in [0, 0.05) is 32.0 Å². The normalized spacial score (nSPS) is 21.0. The van der Waals surface area contributed by atoms with Gasteiger partial charge in [-0.1, -0.05) is 43.7 Å². The number of nitrogens with zero attached hydrogens (tertiary/aromatic N) is 1. The van der Waals surface area contributed by atoms with Crippen LogP contribution in [0.5, 0.6) is 0 Å². The molecule has 1 saturated heterocycles. The molecule has 4 nitrogen and oxygen atoms in total. The molecule has 2 amide bonds. The van der Waals surface area contributed by atoms with Gasteiger partial charge in [-0.2, -0.15) is 0 Å². The molecule has 0 aliphatic carbocycles. The molecule has 1 aliphatic rings. The summed E-state index contributed by atoms with van der Waals surface area (Å²) in [6, 6.07) is 8.31. The third kappa shape index (κ3) is 3.67. The average molecular weight is 302 g/mol. The molecule has 2 rings (SSSR count). The molecule has 0 spiro atoms. The lowest BCUT2D eigenvalue weighted by Crippen LogP contribution is -2.35. The van der Waals surface area contributed by atoms with E-state index in [2.05, 4.69) is 36.5 Å². The molecular weight excluding hydrogens is 276 g/mol. The van der Waals surface area contributed by atoms with Crippen molar-refractivity contribution in [2.24, 2.45) is 5.92 Å². The van der Waals surface area contributed by atoms with Crippen molar-refractivity contribution in [3.05, 3.63) is 35.4 Å². The van der Waals surface area contributed by atoms with Crippen LogP contribution in [0.3, 0.4) is 0 Å². The summed E-state index contributed by atoms with van der Waals surface area (Å²) >= 11 is 0. The van der Waals surface area contributed by atoms with Crippen LogP contribution < -0.4 is 5.32 Å². The smallest absolute Gasteiger partial charge is 0.225 e. The van der Waals surface area contributed by atoms with Crippen LogP contribution in [0, 0.1) is 12.8 Å². The Morgan fingerprint density at radius 2 is 1.86 bits per heavy atom. The molecule has 1 aromatic rings. The van der Waals surface area contributed by atoms with Crippen LogP contribution in [0.15, 0.2) is 24.3 Å². The van der Waals surface area contributed by atoms with Crippen molar-refractivity contribution >= 4 is 11.8 Å². The standard InChI is InChI=1S/C18H26N2O2/c1-4-10-19-18(22)16-12-20(17(21)5-2)11-15(16)14-8-6-13(3)7-9-14/h6-9,15-16H,4-5,10-12H2,1-3H3,(H,19,22)/t15-,16+/m0/s1. The zero-order valence-electron chi connectivity index (χ0n) is 13.8. The van der Waals surface area contributed by atoms with Gasteiger partial charge in [0.05, 0.1) is 5.92 Å². The number of benzene rings is 1. The number of carbonyl (C=O) groups is 2. The van der Waals surface area contributed by atoms with E-state index in [1.165, 1.54) is 5.56 Å². The summed E-state index contributed by atoms with van der Waals surface area (Å²) in [6.45, 7) is 7.82. The number of aryl methyl sites for hydroxylation is 1. The number of carbonyl (C=O) groups excluding carboxylic acids is 2. The van der Waals surface area contributed by atoms with Crippen LogP contribution in [0.25, 0.3) is 0 Å². The summed E-state index contributed by atoms with van der Waals surface area (Å²) in [7, 11) is 0. The van der Waals surface area contributed by atoms with E-state index in [0.29, 0.717) is 26.1 Å². The van der Waals surface area contributed by atoms with Crippen molar-refractivity contribution in [2.45, 2.75) is 39.5 Å². The summed E-state index contributed by atoms with van der Waals surface area (Å²) < 4.78 is 0. The van der Waals surface area contributed by atoms with Crippen LogP contribution in [0.2, 0.25) is 0 Å². The first-order valence-corrected chi connectivity index (χ1v) is 8.18. The van der Waals surface area contributed by atoms with Crippen molar-refractivity contribution in [1.29, 1.82) is 0 Å². The highest BCUT2D eigenvalue weighted by Gasteiger charge is 2.39. The fraction of sp³-hybridized carbons (Fsp3) is 0.556. The summed E-state index contributed by atoms with van der Waals surface area (Å²) in [5, 5.41) is 2.99. The number of amides is 2. The molecule has 22 heavy (non-hydrogen) atoms. The van der Waals surface area contributed by atoms with Gasteiger partial charge in [-0.15, -0.1) is 0 Å². The Balaban J connectivity index is 2.20. The van der Waals surface area contributed by atoms with Gasteiger partial charge in [0.25, 0.3) is 0 Å². The fourth-order valence-corrected chi connectivity index (χ4v) is 3.03. The third-order valence-electron chi connectivity index (χ3n) is 4.37. The Hall–Kier alpha value is -1.84. The first-order valence-electron chi connectivity index (χ1n) is 8.18. The van der Waals surface area contributed by atoms with Crippen LogP contribution in [0.4, 0.5) is 0 Å². The summed E-state index contributed by atoms with van der Waals surface area (Å²) in [5.41, 5.74) is 2.35. The van der Waals surface area contributed by atoms with Gasteiger partial charge in [0.15, 0.2) is 0 Å². The summed E-state index contributed by atoms with van der Waals surface area (Å²) in [6.07, 6.45) is 1.41. The van der Waals surface area contributed by atoms with E-state index in [0.717, 1.165) is 12.0 Å². The maximum Gasteiger partial charge on any atom is 0.225 e. The van der Waals surface area contributed by atoms with Crippen LogP contribution >= 0.6 is 0 Å². The van der Waals surface area contributed by atoms with Gasteiger partial charge in [0.2, 0.25) is 11.8 Å². The van der Waals surface area contributed by atoms with Crippen LogP contribution in [-0.4, -0.2) is 36.3 Å². The second-order valence-electron chi connectivity index (χ2n) is 6.07. The number of rotatable bonds is 5. The van der Waals surface area contributed by atoms with Gasteiger partial charge < -0.3 is 10.2 Å². The minimum Gasteiger partial charge on any atom is -0.356 e.